The van der Waals surface area contributed by atoms with Gasteiger partial charge in [-0.25, -0.2) is 8.42 Å². The van der Waals surface area contributed by atoms with Gasteiger partial charge < -0.3 is 0 Å². The molecule has 15 heavy (non-hydrogen) atoms. The molecule has 0 aliphatic carbocycles. The van der Waals surface area contributed by atoms with Gasteiger partial charge in [-0.15, -0.1) is 0 Å². The van der Waals surface area contributed by atoms with Gasteiger partial charge in [0.2, 0.25) is 0 Å². The first kappa shape index (κ1) is 10.7. The second-order valence-corrected chi connectivity index (χ2v) is 6.45. The third kappa shape index (κ3) is 2.81. The fourth-order valence-corrected chi connectivity index (χ4v) is 3.96. The third-order valence-electron chi connectivity index (χ3n) is 2.98. The van der Waals surface area contributed by atoms with E-state index >= 15 is 0 Å². The third-order valence-corrected chi connectivity index (χ3v) is 4.80. The zero-order valence-corrected chi connectivity index (χ0v) is 9.54. The molecule has 82 valence electrons. The number of hydrogen-bond donors (Lipinski definition) is 0. The Morgan fingerprint density at radius 2 is 1.80 bits per heavy atom. The normalized spacial score (nSPS) is 25.7. The van der Waals surface area contributed by atoms with E-state index in [2.05, 4.69) is 0 Å². The summed E-state index contributed by atoms with van der Waals surface area (Å²) < 4.78 is 23.3. The molecule has 0 N–H and O–H groups in total. The predicted molar refractivity (Wildman–Crippen MR) is 61.7 cm³/mol. The molecule has 1 saturated heterocycles. The van der Waals surface area contributed by atoms with Gasteiger partial charge in [0.05, 0.1) is 11.5 Å². The minimum Gasteiger partial charge on any atom is -0.229 e. The highest BCUT2D eigenvalue weighted by Crippen LogP contribution is 2.27. The molecule has 1 aromatic rings. The van der Waals surface area contributed by atoms with Crippen molar-refractivity contribution in [2.75, 3.05) is 11.5 Å². The first-order chi connectivity index (χ1) is 7.17. The molecule has 1 atom stereocenters. The zero-order chi connectivity index (χ0) is 10.7. The van der Waals surface area contributed by atoms with Gasteiger partial charge in [-0.2, -0.15) is 0 Å². The fourth-order valence-electron chi connectivity index (χ4n) is 2.17. The molecule has 0 saturated carbocycles. The lowest BCUT2D eigenvalue weighted by molar-refractivity contribution is 0.590. The van der Waals surface area contributed by atoms with Gasteiger partial charge in [0.15, 0.2) is 9.84 Å². The van der Waals surface area contributed by atoms with Crippen LogP contribution in [0.15, 0.2) is 30.3 Å². The van der Waals surface area contributed by atoms with E-state index in [1.54, 1.807) is 0 Å². The van der Waals surface area contributed by atoms with Crippen LogP contribution >= 0.6 is 0 Å². The highest BCUT2D eigenvalue weighted by Gasteiger charge is 2.23. The van der Waals surface area contributed by atoms with Gasteiger partial charge in [-0.05, 0) is 24.3 Å². The van der Waals surface area contributed by atoms with E-state index in [-0.39, 0.29) is 5.92 Å². The lowest BCUT2D eigenvalue weighted by atomic mass is 9.96. The highest BCUT2D eigenvalue weighted by atomic mass is 32.2. The van der Waals surface area contributed by atoms with Crippen LogP contribution in [0.25, 0.3) is 0 Å². The molecule has 0 amide bonds. The molecule has 2 nitrogen and oxygen atoms in total. The van der Waals surface area contributed by atoms with Crippen LogP contribution in [-0.2, 0) is 9.84 Å². The van der Waals surface area contributed by atoms with Gasteiger partial charge in [-0.3, -0.25) is 0 Å². The van der Waals surface area contributed by atoms with Gasteiger partial charge in [0.1, 0.15) is 0 Å². The Hall–Kier alpha value is -0.830. The molecule has 2 rings (SSSR count). The van der Waals surface area contributed by atoms with Gasteiger partial charge in [-0.1, -0.05) is 36.8 Å². The smallest absolute Gasteiger partial charge is 0.150 e. The van der Waals surface area contributed by atoms with Crippen LogP contribution in [0, 0.1) is 0 Å². The Kier molecular flexibility index (Phi) is 3.10. The molecule has 1 fully saturated rings. The molecule has 3 heteroatoms. The average molecular weight is 224 g/mol. The molecule has 1 aromatic carbocycles. The maximum Gasteiger partial charge on any atom is 0.150 e. The Bertz CT molecular complexity index is 409. The van der Waals surface area contributed by atoms with Crippen LogP contribution < -0.4 is 0 Å². The molecule has 0 radical (unpaired) electrons. The lowest BCUT2D eigenvalue weighted by Gasteiger charge is -2.13. The minimum atomic E-state index is -2.82. The second-order valence-electron chi connectivity index (χ2n) is 4.22. The van der Waals surface area contributed by atoms with Crippen LogP contribution in [0.5, 0.6) is 0 Å². The average Bonchev–Trinajstić information content (AvgIpc) is 2.41. The fraction of sp³-hybridized carbons (Fsp3) is 0.500. The minimum absolute atomic E-state index is 0.207. The predicted octanol–water partition coefficient (Wildman–Crippen LogP) is 2.37. The largest absolute Gasteiger partial charge is 0.229 e. The van der Waals surface area contributed by atoms with Crippen LogP contribution in [0.4, 0.5) is 0 Å². The van der Waals surface area contributed by atoms with E-state index in [1.165, 1.54) is 5.56 Å². The van der Waals surface area contributed by atoms with Crippen LogP contribution in [-0.4, -0.2) is 19.9 Å². The maximum absolute atomic E-state index is 11.7. The second kappa shape index (κ2) is 4.35. The molecule has 0 unspecified atom stereocenters. The summed E-state index contributed by atoms with van der Waals surface area (Å²) >= 11 is 0. The number of sulfone groups is 1. The van der Waals surface area contributed by atoms with E-state index in [9.17, 15) is 8.42 Å². The van der Waals surface area contributed by atoms with E-state index in [4.69, 9.17) is 0 Å². The molecule has 0 bridgehead atoms. The summed E-state index contributed by atoms with van der Waals surface area (Å²) in [4.78, 5) is 0. The van der Waals surface area contributed by atoms with Crippen molar-refractivity contribution >= 4 is 9.84 Å². The van der Waals surface area contributed by atoms with Crippen LogP contribution in [0.1, 0.15) is 30.7 Å². The van der Waals surface area contributed by atoms with E-state index in [0.717, 1.165) is 19.3 Å². The van der Waals surface area contributed by atoms with Crippen molar-refractivity contribution in [2.24, 2.45) is 0 Å². The summed E-state index contributed by atoms with van der Waals surface area (Å²) in [5, 5.41) is 0. The van der Waals surface area contributed by atoms with Crippen molar-refractivity contribution in [1.82, 2.24) is 0 Å². The van der Waals surface area contributed by atoms with Crippen LogP contribution in [0.3, 0.4) is 0 Å². The quantitative estimate of drug-likeness (QED) is 0.734. The van der Waals surface area contributed by atoms with Crippen LogP contribution in [0.2, 0.25) is 0 Å². The van der Waals surface area contributed by atoms with Gasteiger partial charge >= 0.3 is 0 Å². The summed E-state index contributed by atoms with van der Waals surface area (Å²) in [5.41, 5.74) is 1.17. The maximum atomic E-state index is 11.7. The summed E-state index contributed by atoms with van der Waals surface area (Å²) in [7, 11) is -2.82. The first-order valence-electron chi connectivity index (χ1n) is 5.43. The van der Waals surface area contributed by atoms with Crippen molar-refractivity contribution < 1.29 is 8.42 Å². The molecular formula is C12H16O2S. The van der Waals surface area contributed by atoms with Crippen molar-refractivity contribution in [3.05, 3.63) is 35.9 Å². The van der Waals surface area contributed by atoms with Gasteiger partial charge in [0.25, 0.3) is 0 Å². The number of rotatable bonds is 1. The van der Waals surface area contributed by atoms with Crippen molar-refractivity contribution in [2.45, 2.75) is 25.2 Å². The molecule has 0 aromatic heterocycles. The summed E-state index contributed by atoms with van der Waals surface area (Å²) in [6.07, 6.45) is 2.85. The Morgan fingerprint density at radius 1 is 1.07 bits per heavy atom. The Labute approximate surface area is 91.2 Å². The van der Waals surface area contributed by atoms with Crippen molar-refractivity contribution in [3.63, 3.8) is 0 Å². The topological polar surface area (TPSA) is 34.1 Å². The molecule has 1 aliphatic heterocycles. The standard InChI is InChI=1S/C12H16O2S/c13-15(14)9-5-4-8-12(10-15)11-6-2-1-3-7-11/h1-3,6-7,12H,4-5,8-10H2/t12-/m1/s1. The summed E-state index contributed by atoms with van der Waals surface area (Å²) in [6, 6.07) is 9.99. The van der Waals surface area contributed by atoms with Crippen molar-refractivity contribution in [3.8, 4) is 0 Å². The Morgan fingerprint density at radius 3 is 2.53 bits per heavy atom. The number of hydrogen-bond acceptors (Lipinski definition) is 2. The monoisotopic (exact) mass is 224 g/mol. The molecular weight excluding hydrogens is 208 g/mol. The number of benzene rings is 1. The van der Waals surface area contributed by atoms with Gasteiger partial charge in [0, 0.05) is 0 Å². The Balaban J connectivity index is 2.22. The molecule has 1 aliphatic rings. The zero-order valence-electron chi connectivity index (χ0n) is 8.72. The molecule has 1 heterocycles. The lowest BCUT2D eigenvalue weighted by Crippen LogP contribution is -2.14. The van der Waals surface area contributed by atoms with E-state index in [0.29, 0.717) is 11.5 Å². The SMILES string of the molecule is O=S1(=O)CCCC[C@@H](c2ccccc2)C1. The van der Waals surface area contributed by atoms with Crippen molar-refractivity contribution in [1.29, 1.82) is 0 Å². The summed E-state index contributed by atoms with van der Waals surface area (Å²) in [5.74, 6) is 0.909. The highest BCUT2D eigenvalue weighted by molar-refractivity contribution is 7.91. The molecule has 0 spiro atoms. The van der Waals surface area contributed by atoms with E-state index < -0.39 is 9.84 Å². The first-order valence-corrected chi connectivity index (χ1v) is 7.25. The van der Waals surface area contributed by atoms with E-state index in [1.807, 2.05) is 30.3 Å². The summed E-state index contributed by atoms with van der Waals surface area (Å²) in [6.45, 7) is 0.